The third-order valence-corrected chi connectivity index (χ3v) is 6.26. The van der Waals surface area contributed by atoms with Crippen LogP contribution in [0.4, 0.5) is 0 Å². The van der Waals surface area contributed by atoms with Crippen LogP contribution in [0.2, 0.25) is 25.7 Å². The third kappa shape index (κ3) is 4.11. The van der Waals surface area contributed by atoms with Crippen LogP contribution in [0.1, 0.15) is 23.2 Å². The lowest BCUT2D eigenvalue weighted by Gasteiger charge is -2.15. The summed E-state index contributed by atoms with van der Waals surface area (Å²) in [6.07, 6.45) is 5.71. The molecule has 23 heavy (non-hydrogen) atoms. The van der Waals surface area contributed by atoms with Crippen molar-refractivity contribution in [3.05, 3.63) is 28.5 Å². The van der Waals surface area contributed by atoms with Crippen molar-refractivity contribution in [1.82, 2.24) is 9.55 Å². The molecule has 0 radical (unpaired) electrons. The summed E-state index contributed by atoms with van der Waals surface area (Å²) in [6, 6.07) is 3.12. The number of halogens is 1. The first-order valence-corrected chi connectivity index (χ1v) is 12.6. The average molecular weight is 395 g/mol. The van der Waals surface area contributed by atoms with Gasteiger partial charge >= 0.3 is 0 Å². The number of Topliss-reactive ketones (excluding diaryl/α,β-unsaturated/α-hetero) is 1. The molecule has 2 heterocycles. The van der Waals surface area contributed by atoms with Gasteiger partial charge in [0.2, 0.25) is 0 Å². The van der Waals surface area contributed by atoms with Crippen LogP contribution in [-0.2, 0) is 11.5 Å². The van der Waals surface area contributed by atoms with Gasteiger partial charge < -0.3 is 9.30 Å². The zero-order chi connectivity index (χ0) is 16.6. The summed E-state index contributed by atoms with van der Waals surface area (Å²) < 4.78 is 8.69. The molecule has 124 valence electrons. The Bertz CT molecular complexity index is 732. The van der Waals surface area contributed by atoms with Crippen LogP contribution in [0.25, 0.3) is 11.0 Å². The molecule has 4 nitrogen and oxygen atoms in total. The summed E-state index contributed by atoms with van der Waals surface area (Å²) in [5.41, 5.74) is 1.61. The molecule has 0 N–H and O–H groups in total. The van der Waals surface area contributed by atoms with E-state index in [1.54, 1.807) is 6.20 Å². The van der Waals surface area contributed by atoms with Crippen LogP contribution in [-0.4, -0.2) is 30.0 Å². The van der Waals surface area contributed by atoms with Gasteiger partial charge in [0, 0.05) is 48.4 Å². The number of hydrogen-bond acceptors (Lipinski definition) is 3. The summed E-state index contributed by atoms with van der Waals surface area (Å²) in [4.78, 5) is 17.0. The van der Waals surface area contributed by atoms with Gasteiger partial charge in [-0.1, -0.05) is 19.6 Å². The fourth-order valence-electron chi connectivity index (χ4n) is 2.55. The van der Waals surface area contributed by atoms with E-state index >= 15 is 0 Å². The quantitative estimate of drug-likeness (QED) is 0.388. The van der Waals surface area contributed by atoms with Gasteiger partial charge in [0.25, 0.3) is 0 Å². The minimum atomic E-state index is -1.09. The Morgan fingerprint density at radius 1 is 1.43 bits per heavy atom. The lowest BCUT2D eigenvalue weighted by atomic mass is 10.1. The summed E-state index contributed by atoms with van der Waals surface area (Å²) in [6.45, 7) is 8.23. The molecule has 0 aliphatic heterocycles. The Morgan fingerprint density at radius 3 is 2.83 bits per heavy atom. The van der Waals surface area contributed by atoms with Crippen molar-refractivity contribution >= 4 is 40.8 Å². The van der Waals surface area contributed by atoms with Crippen LogP contribution >= 0.6 is 15.9 Å². The highest BCUT2D eigenvalue weighted by Crippen LogP contribution is 2.35. The first kappa shape index (κ1) is 16.9. The number of aromatic nitrogens is 2. The van der Waals surface area contributed by atoms with Gasteiger partial charge in [-0.3, -0.25) is 4.79 Å². The maximum absolute atomic E-state index is 12.5. The molecule has 3 rings (SSSR count). The first-order valence-electron chi connectivity index (χ1n) is 8.11. The Labute approximate surface area is 146 Å². The van der Waals surface area contributed by atoms with E-state index in [4.69, 9.17) is 4.74 Å². The molecule has 6 heteroatoms. The van der Waals surface area contributed by atoms with E-state index in [9.17, 15) is 4.79 Å². The van der Waals surface area contributed by atoms with Crippen molar-refractivity contribution in [2.75, 3.05) is 6.61 Å². The normalized spacial score (nSPS) is 15.3. The summed E-state index contributed by atoms with van der Waals surface area (Å²) in [5.74, 6) is 0.455. The predicted octanol–water partition coefficient (Wildman–Crippen LogP) is 4.70. The number of nitrogens with zero attached hydrogens (tertiary/aromatic N) is 2. The minimum absolute atomic E-state index is 0.209. The molecule has 0 amide bonds. The van der Waals surface area contributed by atoms with E-state index in [0.29, 0.717) is 6.73 Å². The highest BCUT2D eigenvalue weighted by atomic mass is 79.9. The monoisotopic (exact) mass is 394 g/mol. The Hall–Kier alpha value is -0.983. The van der Waals surface area contributed by atoms with Crippen molar-refractivity contribution in [2.45, 2.75) is 45.3 Å². The number of carbonyl (C=O) groups is 1. The summed E-state index contributed by atoms with van der Waals surface area (Å²) in [7, 11) is -1.09. The van der Waals surface area contributed by atoms with Crippen LogP contribution in [0.15, 0.2) is 22.9 Å². The zero-order valence-corrected chi connectivity index (χ0v) is 16.5. The van der Waals surface area contributed by atoms with Crippen LogP contribution in [0.3, 0.4) is 0 Å². The van der Waals surface area contributed by atoms with Crippen molar-refractivity contribution in [3.8, 4) is 0 Å². The van der Waals surface area contributed by atoms with Crippen LogP contribution in [0.5, 0.6) is 0 Å². The number of fused-ring (bicyclic) bond motifs is 1. The number of rotatable bonds is 7. The predicted molar refractivity (Wildman–Crippen MR) is 98.6 cm³/mol. The maximum Gasteiger partial charge on any atom is 0.168 e. The van der Waals surface area contributed by atoms with Crippen LogP contribution in [0, 0.1) is 5.92 Å². The molecular formula is C17H23BrN2O2Si. The first-order chi connectivity index (χ1) is 10.8. The largest absolute Gasteiger partial charge is 0.361 e. The number of carbonyl (C=O) groups excluding carboxylic acids is 1. The summed E-state index contributed by atoms with van der Waals surface area (Å²) in [5, 5.41) is 0.921. The van der Waals surface area contributed by atoms with Crippen molar-refractivity contribution in [2.24, 2.45) is 5.92 Å². The number of ketones is 1. The second kappa shape index (κ2) is 6.49. The molecule has 2 aromatic rings. The van der Waals surface area contributed by atoms with Gasteiger partial charge in [-0.05, 0) is 40.9 Å². The Morgan fingerprint density at radius 2 is 2.17 bits per heavy atom. The van der Waals surface area contributed by atoms with Crippen molar-refractivity contribution in [3.63, 3.8) is 0 Å². The van der Waals surface area contributed by atoms with Crippen molar-refractivity contribution in [1.29, 1.82) is 0 Å². The van der Waals surface area contributed by atoms with E-state index in [1.165, 1.54) is 0 Å². The average Bonchev–Trinajstić information content (AvgIpc) is 3.25. The van der Waals surface area contributed by atoms with E-state index in [0.717, 1.165) is 46.6 Å². The molecule has 1 saturated carbocycles. The van der Waals surface area contributed by atoms with E-state index < -0.39 is 8.07 Å². The SMILES string of the molecule is C[Si](C)(C)CCOCn1cc(C(=O)C2CC2)c2cc(Br)cnc21. The summed E-state index contributed by atoms with van der Waals surface area (Å²) >= 11 is 3.45. The second-order valence-electron chi connectivity index (χ2n) is 7.52. The molecule has 1 aliphatic carbocycles. The van der Waals surface area contributed by atoms with E-state index in [1.807, 2.05) is 16.8 Å². The number of ether oxygens (including phenoxy) is 1. The zero-order valence-electron chi connectivity index (χ0n) is 13.9. The fourth-order valence-corrected chi connectivity index (χ4v) is 3.64. The molecular weight excluding hydrogens is 372 g/mol. The van der Waals surface area contributed by atoms with Gasteiger partial charge in [0.1, 0.15) is 12.4 Å². The lowest BCUT2D eigenvalue weighted by molar-refractivity contribution is 0.0893. The van der Waals surface area contributed by atoms with Gasteiger partial charge in [0.15, 0.2) is 5.78 Å². The fraction of sp³-hybridized carbons (Fsp3) is 0.529. The smallest absolute Gasteiger partial charge is 0.168 e. The topological polar surface area (TPSA) is 44.1 Å². The molecule has 1 fully saturated rings. The third-order valence-electron chi connectivity index (χ3n) is 4.12. The lowest BCUT2D eigenvalue weighted by Crippen LogP contribution is -2.22. The van der Waals surface area contributed by atoms with Gasteiger partial charge in [-0.2, -0.15) is 0 Å². The standard InChI is InChI=1S/C17H23BrN2O2Si/c1-23(2,3)7-6-22-11-20-10-15(16(21)12-4-5-12)14-8-13(18)9-19-17(14)20/h8-10,12H,4-7,11H2,1-3H3. The molecule has 0 aromatic carbocycles. The molecule has 0 bridgehead atoms. The molecule has 0 atom stereocenters. The maximum atomic E-state index is 12.5. The number of hydrogen-bond donors (Lipinski definition) is 0. The van der Waals surface area contributed by atoms with Crippen molar-refractivity contribution < 1.29 is 9.53 Å². The molecule has 2 aromatic heterocycles. The highest BCUT2D eigenvalue weighted by Gasteiger charge is 2.32. The van der Waals surface area contributed by atoms with Gasteiger partial charge in [-0.25, -0.2) is 4.98 Å². The van der Waals surface area contributed by atoms with E-state index in [2.05, 4.69) is 40.6 Å². The van der Waals surface area contributed by atoms with Gasteiger partial charge in [-0.15, -0.1) is 0 Å². The Kier molecular flexibility index (Phi) is 4.76. The highest BCUT2D eigenvalue weighted by molar-refractivity contribution is 9.10. The number of pyridine rings is 1. The molecule has 1 aliphatic rings. The van der Waals surface area contributed by atoms with Gasteiger partial charge in [0.05, 0.1) is 0 Å². The molecule has 0 unspecified atom stereocenters. The van der Waals surface area contributed by atoms with E-state index in [-0.39, 0.29) is 11.7 Å². The Balaban J connectivity index is 1.81. The molecule has 0 spiro atoms. The molecule has 0 saturated heterocycles. The van der Waals surface area contributed by atoms with Crippen LogP contribution < -0.4 is 0 Å². The minimum Gasteiger partial charge on any atom is -0.361 e. The second-order valence-corrected chi connectivity index (χ2v) is 14.1.